The summed E-state index contributed by atoms with van der Waals surface area (Å²) in [4.78, 5) is 21.5. The van der Waals surface area contributed by atoms with Gasteiger partial charge in [0.1, 0.15) is 12.2 Å². The standard InChI is InChI=1S/C9H16O4/c1-6(13-8(3)11)5-9(12-4)7(2)10/h6,9H,5H2,1-4H3. The van der Waals surface area contributed by atoms with Gasteiger partial charge in [0.2, 0.25) is 0 Å². The predicted molar refractivity (Wildman–Crippen MR) is 47.3 cm³/mol. The van der Waals surface area contributed by atoms with Crippen molar-refractivity contribution in [3.63, 3.8) is 0 Å². The quantitative estimate of drug-likeness (QED) is 0.602. The largest absolute Gasteiger partial charge is 0.463 e. The van der Waals surface area contributed by atoms with Crippen LogP contribution in [0.1, 0.15) is 27.2 Å². The Morgan fingerprint density at radius 1 is 1.31 bits per heavy atom. The number of carbonyl (C=O) groups is 2. The zero-order chi connectivity index (χ0) is 10.4. The van der Waals surface area contributed by atoms with E-state index in [-0.39, 0.29) is 17.9 Å². The van der Waals surface area contributed by atoms with Gasteiger partial charge in [-0.25, -0.2) is 0 Å². The normalized spacial score (nSPS) is 14.8. The topological polar surface area (TPSA) is 52.6 Å². The molecule has 0 fully saturated rings. The van der Waals surface area contributed by atoms with Gasteiger partial charge in [-0.1, -0.05) is 0 Å². The van der Waals surface area contributed by atoms with Crippen molar-refractivity contribution in [2.75, 3.05) is 7.11 Å². The molecule has 0 heterocycles. The summed E-state index contributed by atoms with van der Waals surface area (Å²) in [7, 11) is 1.46. The highest BCUT2D eigenvalue weighted by Gasteiger charge is 2.18. The Kier molecular flexibility index (Phi) is 5.30. The molecule has 0 aromatic rings. The van der Waals surface area contributed by atoms with Gasteiger partial charge in [-0.3, -0.25) is 9.59 Å². The number of hydrogen-bond acceptors (Lipinski definition) is 4. The number of carbonyl (C=O) groups excluding carboxylic acids is 2. The molecule has 0 spiro atoms. The van der Waals surface area contributed by atoms with Crippen LogP contribution in [0, 0.1) is 0 Å². The molecular weight excluding hydrogens is 172 g/mol. The van der Waals surface area contributed by atoms with Crippen LogP contribution in [0.25, 0.3) is 0 Å². The molecule has 0 saturated heterocycles. The van der Waals surface area contributed by atoms with Crippen LogP contribution < -0.4 is 0 Å². The van der Waals surface area contributed by atoms with E-state index >= 15 is 0 Å². The third kappa shape index (κ3) is 5.36. The molecule has 0 amide bonds. The van der Waals surface area contributed by atoms with Gasteiger partial charge in [0, 0.05) is 20.5 Å². The zero-order valence-electron chi connectivity index (χ0n) is 8.49. The van der Waals surface area contributed by atoms with E-state index in [2.05, 4.69) is 0 Å². The van der Waals surface area contributed by atoms with Crippen LogP contribution in [0.5, 0.6) is 0 Å². The van der Waals surface area contributed by atoms with E-state index in [9.17, 15) is 9.59 Å². The molecule has 76 valence electrons. The Hall–Kier alpha value is -0.900. The fourth-order valence-corrected chi connectivity index (χ4v) is 1.06. The van der Waals surface area contributed by atoms with Gasteiger partial charge >= 0.3 is 5.97 Å². The molecule has 0 radical (unpaired) electrons. The van der Waals surface area contributed by atoms with Gasteiger partial charge in [-0.2, -0.15) is 0 Å². The molecule has 0 aromatic carbocycles. The second-order valence-electron chi connectivity index (χ2n) is 2.99. The third-order valence-corrected chi connectivity index (χ3v) is 1.65. The first-order valence-electron chi connectivity index (χ1n) is 4.17. The maximum Gasteiger partial charge on any atom is 0.302 e. The maximum absolute atomic E-state index is 10.9. The molecule has 4 heteroatoms. The van der Waals surface area contributed by atoms with Crippen molar-refractivity contribution in [2.24, 2.45) is 0 Å². The van der Waals surface area contributed by atoms with Gasteiger partial charge in [0.25, 0.3) is 0 Å². The van der Waals surface area contributed by atoms with Crippen molar-refractivity contribution in [2.45, 2.75) is 39.4 Å². The molecular formula is C9H16O4. The second kappa shape index (κ2) is 5.70. The Labute approximate surface area is 78.2 Å². The van der Waals surface area contributed by atoms with E-state index in [0.717, 1.165) is 0 Å². The molecule has 0 N–H and O–H groups in total. The number of hydrogen-bond donors (Lipinski definition) is 0. The first kappa shape index (κ1) is 12.1. The van der Waals surface area contributed by atoms with Gasteiger partial charge in [-0.05, 0) is 13.8 Å². The van der Waals surface area contributed by atoms with Gasteiger partial charge in [0.05, 0.1) is 0 Å². The van der Waals surface area contributed by atoms with Crippen LogP contribution in [0.4, 0.5) is 0 Å². The Morgan fingerprint density at radius 2 is 1.85 bits per heavy atom. The third-order valence-electron chi connectivity index (χ3n) is 1.65. The van der Waals surface area contributed by atoms with Crippen molar-refractivity contribution in [1.82, 2.24) is 0 Å². The summed E-state index contributed by atoms with van der Waals surface area (Å²) >= 11 is 0. The molecule has 0 rings (SSSR count). The fourth-order valence-electron chi connectivity index (χ4n) is 1.06. The molecule has 2 unspecified atom stereocenters. The molecule has 0 aliphatic heterocycles. The maximum atomic E-state index is 10.9. The summed E-state index contributed by atoms with van der Waals surface area (Å²) in [5.74, 6) is -0.396. The first-order valence-corrected chi connectivity index (χ1v) is 4.17. The Bertz CT molecular complexity index is 188. The van der Waals surface area contributed by atoms with Crippen molar-refractivity contribution < 1.29 is 19.1 Å². The predicted octanol–water partition coefficient (Wildman–Crippen LogP) is 0.932. The highest BCUT2D eigenvalue weighted by Crippen LogP contribution is 2.06. The van der Waals surface area contributed by atoms with Crippen molar-refractivity contribution in [3.05, 3.63) is 0 Å². The summed E-state index contributed by atoms with van der Waals surface area (Å²) in [5, 5.41) is 0. The average Bonchev–Trinajstić information content (AvgIpc) is 1.98. The van der Waals surface area contributed by atoms with E-state index in [1.165, 1.54) is 21.0 Å². The fraction of sp³-hybridized carbons (Fsp3) is 0.778. The minimum absolute atomic E-state index is 0.0542. The SMILES string of the molecule is COC(CC(C)OC(C)=O)C(C)=O. The van der Waals surface area contributed by atoms with E-state index in [4.69, 9.17) is 9.47 Å². The smallest absolute Gasteiger partial charge is 0.302 e. The first-order chi connectivity index (χ1) is 5.97. The lowest BCUT2D eigenvalue weighted by Crippen LogP contribution is -2.27. The van der Waals surface area contributed by atoms with Crippen molar-refractivity contribution in [1.29, 1.82) is 0 Å². The van der Waals surface area contributed by atoms with Crippen LogP contribution in [0.2, 0.25) is 0 Å². The van der Waals surface area contributed by atoms with Crippen LogP contribution in [0.3, 0.4) is 0 Å². The number of ketones is 1. The number of esters is 1. The molecule has 0 aromatic heterocycles. The second-order valence-corrected chi connectivity index (χ2v) is 2.99. The highest BCUT2D eigenvalue weighted by atomic mass is 16.5. The van der Waals surface area contributed by atoms with E-state index in [1.54, 1.807) is 6.92 Å². The van der Waals surface area contributed by atoms with Gasteiger partial charge in [0.15, 0.2) is 5.78 Å². The summed E-state index contributed by atoms with van der Waals surface area (Å²) < 4.78 is 9.78. The molecule has 0 bridgehead atoms. The summed E-state index contributed by atoms with van der Waals surface area (Å²) in [6.45, 7) is 4.52. The lowest BCUT2D eigenvalue weighted by molar-refractivity contribution is -0.148. The highest BCUT2D eigenvalue weighted by molar-refractivity contribution is 5.80. The van der Waals surface area contributed by atoms with Gasteiger partial charge < -0.3 is 9.47 Å². The number of rotatable bonds is 5. The number of Topliss-reactive ketones (excluding diaryl/α,β-unsaturated/α-hetero) is 1. The van der Waals surface area contributed by atoms with Gasteiger partial charge in [-0.15, -0.1) is 0 Å². The summed E-state index contributed by atoms with van der Waals surface area (Å²) in [6.07, 6.45) is -0.355. The van der Waals surface area contributed by atoms with Crippen LogP contribution in [-0.4, -0.2) is 31.1 Å². The lowest BCUT2D eigenvalue weighted by atomic mass is 10.1. The molecule has 0 saturated carbocycles. The summed E-state index contributed by atoms with van der Waals surface area (Å²) in [6, 6.07) is 0. The minimum atomic E-state index is -0.477. The van der Waals surface area contributed by atoms with Crippen LogP contribution in [-0.2, 0) is 19.1 Å². The van der Waals surface area contributed by atoms with Crippen LogP contribution in [0.15, 0.2) is 0 Å². The molecule has 0 aliphatic carbocycles. The molecule has 4 nitrogen and oxygen atoms in total. The molecule has 13 heavy (non-hydrogen) atoms. The van der Waals surface area contributed by atoms with E-state index < -0.39 is 6.10 Å². The lowest BCUT2D eigenvalue weighted by Gasteiger charge is -2.17. The van der Waals surface area contributed by atoms with Crippen molar-refractivity contribution >= 4 is 11.8 Å². The van der Waals surface area contributed by atoms with E-state index in [0.29, 0.717) is 6.42 Å². The Balaban J connectivity index is 3.93. The average molecular weight is 188 g/mol. The minimum Gasteiger partial charge on any atom is -0.463 e. The number of ether oxygens (including phenoxy) is 2. The molecule has 2 atom stereocenters. The van der Waals surface area contributed by atoms with Crippen LogP contribution >= 0.6 is 0 Å². The summed E-state index contributed by atoms with van der Waals surface area (Å²) in [5.41, 5.74) is 0. The molecule has 0 aliphatic rings. The monoisotopic (exact) mass is 188 g/mol. The Morgan fingerprint density at radius 3 is 2.15 bits per heavy atom. The zero-order valence-corrected chi connectivity index (χ0v) is 8.49. The van der Waals surface area contributed by atoms with Crippen molar-refractivity contribution in [3.8, 4) is 0 Å². The number of methoxy groups -OCH3 is 1. The van der Waals surface area contributed by atoms with E-state index in [1.807, 2.05) is 0 Å².